The lowest BCUT2D eigenvalue weighted by Gasteiger charge is -2.32. The molecule has 2 heterocycles. The number of pyridine rings is 1. The Labute approximate surface area is 189 Å². The summed E-state index contributed by atoms with van der Waals surface area (Å²) in [6.45, 7) is 7.28. The Hall–Kier alpha value is -3.41. The molecule has 4 rings (SSSR count). The van der Waals surface area contributed by atoms with Crippen LogP contribution in [0, 0.1) is 12.8 Å². The minimum Gasteiger partial charge on any atom is -0.357 e. The van der Waals surface area contributed by atoms with Crippen LogP contribution < -0.4 is 15.5 Å². The fourth-order valence-corrected chi connectivity index (χ4v) is 4.30. The molecule has 0 saturated carbocycles. The predicted octanol–water partition coefficient (Wildman–Crippen LogP) is 4.92. The lowest BCUT2D eigenvalue weighted by molar-refractivity contribution is -0.120. The quantitative estimate of drug-likeness (QED) is 0.603. The second-order valence-electron chi connectivity index (χ2n) is 8.51. The number of anilines is 3. The number of amides is 2. The molecule has 2 N–H and O–H groups in total. The van der Waals surface area contributed by atoms with Gasteiger partial charge < -0.3 is 15.5 Å². The molecule has 0 aliphatic carbocycles. The van der Waals surface area contributed by atoms with Crippen LogP contribution in [-0.4, -0.2) is 29.9 Å². The summed E-state index contributed by atoms with van der Waals surface area (Å²) in [5, 5.41) is 6.95. The van der Waals surface area contributed by atoms with E-state index in [2.05, 4.69) is 41.5 Å². The van der Waals surface area contributed by atoms with E-state index in [0.29, 0.717) is 0 Å². The molecule has 2 amide bonds. The molecular formula is C26H30N4O2. The van der Waals surface area contributed by atoms with Crippen molar-refractivity contribution in [3.8, 4) is 0 Å². The van der Waals surface area contributed by atoms with Crippen LogP contribution in [0.5, 0.6) is 0 Å². The summed E-state index contributed by atoms with van der Waals surface area (Å²) in [6.07, 6.45) is 2.56. The number of hydrogen-bond donors (Lipinski definition) is 2. The van der Waals surface area contributed by atoms with E-state index < -0.39 is 0 Å². The van der Waals surface area contributed by atoms with Crippen LogP contribution >= 0.6 is 0 Å². The molecule has 1 aromatic heterocycles. The molecule has 166 valence electrons. The molecule has 1 saturated heterocycles. The topological polar surface area (TPSA) is 74.3 Å². The van der Waals surface area contributed by atoms with Crippen molar-refractivity contribution in [3.05, 3.63) is 59.7 Å². The van der Waals surface area contributed by atoms with Crippen LogP contribution in [0.4, 0.5) is 17.2 Å². The third kappa shape index (κ3) is 4.90. The molecule has 6 nitrogen and oxygen atoms in total. The number of nitrogens with one attached hydrogen (secondary N) is 2. The van der Waals surface area contributed by atoms with Crippen LogP contribution in [0.2, 0.25) is 0 Å². The number of carbonyl (C=O) groups excluding carboxylic acids is 2. The normalized spacial score (nSPS) is 14.4. The van der Waals surface area contributed by atoms with Crippen molar-refractivity contribution in [2.45, 2.75) is 40.0 Å². The highest BCUT2D eigenvalue weighted by atomic mass is 16.2. The van der Waals surface area contributed by atoms with Gasteiger partial charge in [0.15, 0.2) is 0 Å². The highest BCUT2D eigenvalue weighted by molar-refractivity contribution is 5.94. The number of aromatic nitrogens is 1. The monoisotopic (exact) mass is 430 g/mol. The lowest BCUT2D eigenvalue weighted by atomic mass is 9.95. The highest BCUT2D eigenvalue weighted by Gasteiger charge is 2.26. The van der Waals surface area contributed by atoms with Gasteiger partial charge in [0.05, 0.1) is 5.52 Å². The molecule has 1 aliphatic rings. The van der Waals surface area contributed by atoms with Gasteiger partial charge in [0.2, 0.25) is 11.8 Å². The van der Waals surface area contributed by atoms with E-state index >= 15 is 0 Å². The van der Waals surface area contributed by atoms with Crippen LogP contribution in [0.1, 0.15) is 37.8 Å². The summed E-state index contributed by atoms with van der Waals surface area (Å²) in [5.74, 6) is 0.970. The van der Waals surface area contributed by atoms with Gasteiger partial charge in [-0.15, -0.1) is 0 Å². The zero-order valence-corrected chi connectivity index (χ0v) is 18.9. The van der Waals surface area contributed by atoms with Crippen molar-refractivity contribution < 1.29 is 9.59 Å². The summed E-state index contributed by atoms with van der Waals surface area (Å²) in [7, 11) is 0. The number of rotatable bonds is 5. The van der Waals surface area contributed by atoms with E-state index in [0.717, 1.165) is 66.0 Å². The summed E-state index contributed by atoms with van der Waals surface area (Å²) in [6, 6.07) is 15.9. The first-order valence-corrected chi connectivity index (χ1v) is 11.3. The first-order valence-electron chi connectivity index (χ1n) is 11.3. The average Bonchev–Trinajstić information content (AvgIpc) is 2.79. The Morgan fingerprint density at radius 2 is 1.78 bits per heavy atom. The fraction of sp³-hybridized carbons (Fsp3) is 0.346. The van der Waals surface area contributed by atoms with Gasteiger partial charge in [0.25, 0.3) is 0 Å². The average molecular weight is 431 g/mol. The number of aryl methyl sites for hydroxylation is 2. The molecule has 1 fully saturated rings. The Morgan fingerprint density at radius 3 is 2.50 bits per heavy atom. The molecule has 2 aromatic carbocycles. The highest BCUT2D eigenvalue weighted by Crippen LogP contribution is 2.28. The SMILES string of the molecule is CCc1cccc(NC(=O)C2CCN(c3cc(C)c4cc(NC(C)=O)ccc4n3)CC2)c1. The summed E-state index contributed by atoms with van der Waals surface area (Å²) in [4.78, 5) is 31.2. The zero-order chi connectivity index (χ0) is 22.7. The van der Waals surface area contributed by atoms with Crippen LogP contribution in [-0.2, 0) is 16.0 Å². The van der Waals surface area contributed by atoms with Gasteiger partial charge in [-0.3, -0.25) is 9.59 Å². The largest absolute Gasteiger partial charge is 0.357 e. The summed E-state index contributed by atoms with van der Waals surface area (Å²) < 4.78 is 0. The van der Waals surface area contributed by atoms with Crippen LogP contribution in [0.15, 0.2) is 48.5 Å². The summed E-state index contributed by atoms with van der Waals surface area (Å²) >= 11 is 0. The molecule has 1 aliphatic heterocycles. The van der Waals surface area contributed by atoms with Crippen molar-refractivity contribution in [1.82, 2.24) is 4.98 Å². The molecule has 0 unspecified atom stereocenters. The van der Waals surface area contributed by atoms with E-state index in [1.165, 1.54) is 12.5 Å². The second kappa shape index (κ2) is 9.39. The molecule has 0 bridgehead atoms. The van der Waals surface area contributed by atoms with E-state index in [-0.39, 0.29) is 17.7 Å². The Morgan fingerprint density at radius 1 is 1.03 bits per heavy atom. The van der Waals surface area contributed by atoms with Gasteiger partial charge in [0, 0.05) is 42.7 Å². The molecule has 0 atom stereocenters. The van der Waals surface area contributed by atoms with Crippen LogP contribution in [0.25, 0.3) is 10.9 Å². The second-order valence-corrected chi connectivity index (χ2v) is 8.51. The lowest BCUT2D eigenvalue weighted by Crippen LogP contribution is -2.38. The minimum absolute atomic E-state index is 0.0123. The number of benzene rings is 2. The third-order valence-electron chi connectivity index (χ3n) is 6.11. The molecule has 0 spiro atoms. The van der Waals surface area contributed by atoms with Crippen molar-refractivity contribution in [1.29, 1.82) is 0 Å². The van der Waals surface area contributed by atoms with Gasteiger partial charge in [-0.1, -0.05) is 19.1 Å². The van der Waals surface area contributed by atoms with Gasteiger partial charge in [-0.25, -0.2) is 4.98 Å². The van der Waals surface area contributed by atoms with E-state index in [4.69, 9.17) is 4.98 Å². The third-order valence-corrected chi connectivity index (χ3v) is 6.11. The first-order chi connectivity index (χ1) is 15.4. The molecular weight excluding hydrogens is 400 g/mol. The number of nitrogens with zero attached hydrogens (tertiary/aromatic N) is 2. The molecule has 6 heteroatoms. The van der Waals surface area contributed by atoms with E-state index in [9.17, 15) is 9.59 Å². The van der Waals surface area contributed by atoms with Gasteiger partial charge >= 0.3 is 0 Å². The van der Waals surface area contributed by atoms with Crippen molar-refractivity contribution in [3.63, 3.8) is 0 Å². The summed E-state index contributed by atoms with van der Waals surface area (Å²) in [5.41, 5.74) is 4.90. The maximum absolute atomic E-state index is 12.8. The van der Waals surface area contributed by atoms with Gasteiger partial charge in [0.1, 0.15) is 5.82 Å². The van der Waals surface area contributed by atoms with Gasteiger partial charge in [-0.05, 0) is 73.7 Å². The Kier molecular flexibility index (Phi) is 6.40. The number of carbonyl (C=O) groups is 2. The van der Waals surface area contributed by atoms with Gasteiger partial charge in [-0.2, -0.15) is 0 Å². The zero-order valence-electron chi connectivity index (χ0n) is 18.9. The van der Waals surface area contributed by atoms with E-state index in [1.54, 1.807) is 0 Å². The predicted molar refractivity (Wildman–Crippen MR) is 130 cm³/mol. The molecule has 0 radical (unpaired) electrons. The number of hydrogen-bond acceptors (Lipinski definition) is 4. The first kappa shape index (κ1) is 21.8. The van der Waals surface area contributed by atoms with Crippen molar-refractivity contribution >= 4 is 39.9 Å². The maximum atomic E-state index is 12.8. The maximum Gasteiger partial charge on any atom is 0.227 e. The molecule has 3 aromatic rings. The fourth-order valence-electron chi connectivity index (χ4n) is 4.30. The Balaban J connectivity index is 1.42. The van der Waals surface area contributed by atoms with Crippen LogP contribution in [0.3, 0.4) is 0 Å². The van der Waals surface area contributed by atoms with Crippen molar-refractivity contribution in [2.24, 2.45) is 5.92 Å². The smallest absolute Gasteiger partial charge is 0.227 e. The molecule has 32 heavy (non-hydrogen) atoms. The standard InChI is InChI=1S/C26H30N4O2/c1-4-19-6-5-7-21(15-19)28-26(32)20-10-12-30(13-11-20)25-14-17(2)23-16-22(27-18(3)31)8-9-24(23)29-25/h5-9,14-16,20H,4,10-13H2,1-3H3,(H,27,31)(H,28,32). The van der Waals surface area contributed by atoms with E-state index in [1.807, 2.05) is 36.4 Å². The van der Waals surface area contributed by atoms with Crippen molar-refractivity contribution in [2.75, 3.05) is 28.6 Å². The minimum atomic E-state index is -0.0865. The Bertz CT molecular complexity index is 1150. The number of fused-ring (bicyclic) bond motifs is 1. The number of piperidine rings is 1.